The van der Waals surface area contributed by atoms with Gasteiger partial charge >= 0.3 is 11.9 Å². The van der Waals surface area contributed by atoms with Crippen LogP contribution in [0.3, 0.4) is 0 Å². The fourth-order valence-electron chi connectivity index (χ4n) is 12.9. The predicted octanol–water partition coefficient (Wildman–Crippen LogP) is 11.6. The molecule has 8 nitrogen and oxygen atoms in total. The third-order valence-corrected chi connectivity index (χ3v) is 16.8. The lowest BCUT2D eigenvalue weighted by atomic mass is 9.49. The van der Waals surface area contributed by atoms with Gasteiger partial charge in [-0.25, -0.2) is 0 Å². The van der Waals surface area contributed by atoms with Gasteiger partial charge in [-0.15, -0.1) is 0 Å². The first kappa shape index (κ1) is 47.8. The molecule has 2 fully saturated rings. The van der Waals surface area contributed by atoms with E-state index in [1.807, 2.05) is 48.5 Å². The minimum absolute atomic E-state index is 0.000734. The van der Waals surface area contributed by atoms with E-state index >= 15 is 0 Å². The summed E-state index contributed by atoms with van der Waals surface area (Å²) in [5, 5.41) is 21.6. The maximum Gasteiger partial charge on any atom is 0.312 e. The van der Waals surface area contributed by atoms with Crippen molar-refractivity contribution in [2.24, 2.45) is 22.7 Å². The number of rotatable bonds is 15. The van der Waals surface area contributed by atoms with Crippen molar-refractivity contribution in [2.75, 3.05) is 26.4 Å². The maximum absolute atomic E-state index is 13.8. The van der Waals surface area contributed by atoms with Crippen molar-refractivity contribution in [1.29, 1.82) is 0 Å². The molecule has 4 aliphatic rings. The van der Waals surface area contributed by atoms with Crippen molar-refractivity contribution in [3.05, 3.63) is 118 Å². The molecule has 0 aliphatic heterocycles. The number of carbonyl (C=O) groups excluding carboxylic acids is 2. The monoisotopic (exact) mass is 899 g/mol. The maximum atomic E-state index is 13.8. The van der Waals surface area contributed by atoms with E-state index in [1.165, 1.54) is 33.4 Å². The molecule has 0 saturated heterocycles. The van der Waals surface area contributed by atoms with Crippen molar-refractivity contribution < 1.29 is 38.7 Å². The van der Waals surface area contributed by atoms with Crippen LogP contribution in [0.5, 0.6) is 11.5 Å². The van der Waals surface area contributed by atoms with E-state index in [0.717, 1.165) is 75.3 Å². The van der Waals surface area contributed by atoms with Crippen molar-refractivity contribution in [3.63, 3.8) is 0 Å². The summed E-state index contributed by atoms with van der Waals surface area (Å²) in [7, 11) is 0. The average molecular weight is 899 g/mol. The van der Waals surface area contributed by atoms with Gasteiger partial charge in [-0.3, -0.25) is 9.59 Å². The van der Waals surface area contributed by atoms with Gasteiger partial charge in [0.15, 0.2) is 0 Å². The zero-order chi connectivity index (χ0) is 47.0. The Hall–Kier alpha value is -4.66. The van der Waals surface area contributed by atoms with E-state index in [-0.39, 0.29) is 61.0 Å². The topological polar surface area (TPSA) is 112 Å². The number of esters is 2. The van der Waals surface area contributed by atoms with Gasteiger partial charge in [-0.2, -0.15) is 0 Å². The highest BCUT2D eigenvalue weighted by atomic mass is 16.6. The molecule has 8 atom stereocenters. The van der Waals surface area contributed by atoms with Crippen LogP contribution in [0.4, 0.5) is 0 Å². The Morgan fingerprint density at radius 1 is 0.545 bits per heavy atom. The Morgan fingerprint density at radius 2 is 0.924 bits per heavy atom. The van der Waals surface area contributed by atoms with Crippen LogP contribution in [-0.2, 0) is 42.7 Å². The van der Waals surface area contributed by atoms with Gasteiger partial charge in [-0.1, -0.05) is 115 Å². The minimum Gasteiger partial charge on any atom is -0.491 e. The molecule has 0 bridgehead atoms. The van der Waals surface area contributed by atoms with E-state index in [9.17, 15) is 19.8 Å². The molecule has 2 N–H and O–H groups in total. The number of carbonyl (C=O) groups is 2. The van der Waals surface area contributed by atoms with Crippen LogP contribution in [0, 0.1) is 22.7 Å². The molecule has 66 heavy (non-hydrogen) atoms. The SMILES string of the molecule is CC(C)c1ccc2c(c1)CCC1C(C)(C(=O)OCC(O)COc3ccc(-c4ccc(OCC(O)COC(=O)C5(C)CCCC6(C)c7ccc(C(C)C)cc7CCC56)cc4)cc3)CCCC21C. The van der Waals surface area contributed by atoms with Crippen molar-refractivity contribution in [3.8, 4) is 22.6 Å². The second kappa shape index (κ2) is 19.1. The van der Waals surface area contributed by atoms with Crippen LogP contribution < -0.4 is 9.47 Å². The number of fused-ring (bicyclic) bond motifs is 6. The van der Waals surface area contributed by atoms with E-state index in [1.54, 1.807) is 0 Å². The summed E-state index contributed by atoms with van der Waals surface area (Å²) >= 11 is 0. The minimum atomic E-state index is -0.961. The highest BCUT2D eigenvalue weighted by Gasteiger charge is 2.57. The lowest BCUT2D eigenvalue weighted by Crippen LogP contribution is -2.53. The molecular weight excluding hydrogens is 825 g/mol. The van der Waals surface area contributed by atoms with Gasteiger partial charge in [0.05, 0.1) is 10.8 Å². The fraction of sp³-hybridized carbons (Fsp3) is 0.552. The number of aliphatic hydroxyl groups excluding tert-OH is 2. The zero-order valence-electron chi connectivity index (χ0n) is 40.8. The third kappa shape index (κ3) is 9.30. The molecule has 0 amide bonds. The highest BCUT2D eigenvalue weighted by Crippen LogP contribution is 2.59. The van der Waals surface area contributed by atoms with Gasteiger partial charge in [0.1, 0.15) is 50.1 Å². The quantitative estimate of drug-likeness (QED) is 0.114. The summed E-state index contributed by atoms with van der Waals surface area (Å²) in [5.74, 6) is 2.09. The van der Waals surface area contributed by atoms with Gasteiger partial charge < -0.3 is 29.2 Å². The number of hydrogen-bond donors (Lipinski definition) is 2. The summed E-state index contributed by atoms with van der Waals surface area (Å²) in [5.41, 5.74) is 8.92. The van der Waals surface area contributed by atoms with Crippen LogP contribution in [-0.4, -0.2) is 60.8 Å². The van der Waals surface area contributed by atoms with E-state index < -0.39 is 23.0 Å². The molecule has 0 aromatic heterocycles. The second-order valence-corrected chi connectivity index (χ2v) is 21.9. The zero-order valence-corrected chi connectivity index (χ0v) is 40.8. The molecule has 0 heterocycles. The molecule has 4 aliphatic carbocycles. The van der Waals surface area contributed by atoms with Gasteiger partial charge in [0.2, 0.25) is 0 Å². The molecule has 8 heteroatoms. The number of aliphatic hydroxyl groups is 2. The largest absolute Gasteiger partial charge is 0.491 e. The summed E-state index contributed by atoms with van der Waals surface area (Å²) in [4.78, 5) is 27.6. The smallest absolute Gasteiger partial charge is 0.312 e. The number of ether oxygens (including phenoxy) is 4. The third-order valence-electron chi connectivity index (χ3n) is 16.8. The van der Waals surface area contributed by atoms with Crippen molar-refractivity contribution in [1.82, 2.24) is 0 Å². The molecule has 2 saturated carbocycles. The predicted molar refractivity (Wildman–Crippen MR) is 260 cm³/mol. The van der Waals surface area contributed by atoms with Crippen molar-refractivity contribution in [2.45, 2.75) is 154 Å². The van der Waals surface area contributed by atoms with Crippen LogP contribution in [0.2, 0.25) is 0 Å². The van der Waals surface area contributed by atoms with E-state index in [4.69, 9.17) is 18.9 Å². The van der Waals surface area contributed by atoms with Crippen molar-refractivity contribution >= 4 is 11.9 Å². The Morgan fingerprint density at radius 3 is 1.29 bits per heavy atom. The molecule has 8 unspecified atom stereocenters. The number of hydrogen-bond acceptors (Lipinski definition) is 8. The molecule has 0 radical (unpaired) electrons. The summed E-state index contributed by atoms with van der Waals surface area (Å²) in [6, 6.07) is 29.1. The lowest BCUT2D eigenvalue weighted by molar-refractivity contribution is -0.168. The molecule has 4 aromatic rings. The standard InChI is InChI=1S/C58H74O8/c1-37(2)41-15-23-49-43(31-41)17-25-51-55(49,5)27-9-29-57(51,7)53(61)65-35-45(59)33-63-47-19-11-39(12-20-47)40-13-21-48(22-14-40)64-34-46(60)36-66-54(62)58(8)30-10-28-56(6)50-24-16-42(38(3)4)32-44(50)18-26-52(56)58/h11-16,19-24,31-32,37-38,45-46,51-52,59-60H,9-10,17-18,25-30,33-36H2,1-8H3. The molecule has 4 aromatic carbocycles. The first-order chi connectivity index (χ1) is 31.4. The lowest BCUT2D eigenvalue weighted by Gasteiger charge is -2.54. The molecule has 8 rings (SSSR count). The highest BCUT2D eigenvalue weighted by molar-refractivity contribution is 5.78. The fourth-order valence-corrected chi connectivity index (χ4v) is 12.9. The first-order valence-corrected chi connectivity index (χ1v) is 24.9. The Balaban J connectivity index is 0.772. The molecular formula is C58H74O8. The average Bonchev–Trinajstić information content (AvgIpc) is 3.30. The number of benzene rings is 4. The summed E-state index contributed by atoms with van der Waals surface area (Å²) < 4.78 is 23.5. The van der Waals surface area contributed by atoms with Crippen LogP contribution in [0.1, 0.15) is 152 Å². The van der Waals surface area contributed by atoms with Crippen LogP contribution in [0.25, 0.3) is 11.1 Å². The van der Waals surface area contributed by atoms with Gasteiger partial charge in [0, 0.05) is 0 Å². The molecule has 0 spiro atoms. The summed E-state index contributed by atoms with van der Waals surface area (Å²) in [6.45, 7) is 17.5. The normalized spacial score (nSPS) is 27.7. The second-order valence-electron chi connectivity index (χ2n) is 21.9. The number of aryl methyl sites for hydroxylation is 2. The Labute approximate surface area is 393 Å². The molecule has 354 valence electrons. The van der Waals surface area contributed by atoms with Gasteiger partial charge in [0.25, 0.3) is 0 Å². The van der Waals surface area contributed by atoms with E-state index in [2.05, 4.69) is 91.8 Å². The van der Waals surface area contributed by atoms with E-state index in [0.29, 0.717) is 23.3 Å². The van der Waals surface area contributed by atoms with Crippen LogP contribution >= 0.6 is 0 Å². The van der Waals surface area contributed by atoms with Gasteiger partial charge in [-0.05, 0) is 168 Å². The Kier molecular flexibility index (Phi) is 13.9. The first-order valence-electron chi connectivity index (χ1n) is 24.9. The van der Waals surface area contributed by atoms with Crippen LogP contribution in [0.15, 0.2) is 84.9 Å². The summed E-state index contributed by atoms with van der Waals surface area (Å²) in [6.07, 6.45) is 7.55. The Bertz CT molecular complexity index is 2190.